The summed E-state index contributed by atoms with van der Waals surface area (Å²) in [6.45, 7) is 4.29. The maximum atomic E-state index is 12.3. The third kappa shape index (κ3) is 3.68. The number of aromatic nitrogens is 4. The van der Waals surface area contributed by atoms with E-state index < -0.39 is 0 Å². The number of nitrogens with zero attached hydrogens (tertiary/aromatic N) is 4. The van der Waals surface area contributed by atoms with Crippen LogP contribution in [0.25, 0.3) is 16.6 Å². The van der Waals surface area contributed by atoms with Gasteiger partial charge in [-0.15, -0.1) is 0 Å². The predicted molar refractivity (Wildman–Crippen MR) is 108 cm³/mol. The quantitative estimate of drug-likeness (QED) is 0.571. The molecule has 0 radical (unpaired) electrons. The molecule has 0 aliphatic carbocycles. The van der Waals surface area contributed by atoms with Crippen LogP contribution in [0, 0.1) is 13.8 Å². The van der Waals surface area contributed by atoms with Crippen molar-refractivity contribution in [2.24, 2.45) is 0 Å². The summed E-state index contributed by atoms with van der Waals surface area (Å²) in [6, 6.07) is 17.5. The molecule has 0 aliphatic heterocycles. The van der Waals surface area contributed by atoms with E-state index in [1.165, 1.54) is 6.33 Å². The van der Waals surface area contributed by atoms with Crippen LogP contribution in [0.1, 0.15) is 17.0 Å². The van der Waals surface area contributed by atoms with Crippen molar-refractivity contribution < 1.29 is 4.79 Å². The van der Waals surface area contributed by atoms with Crippen molar-refractivity contribution in [3.8, 4) is 5.82 Å². The third-order valence-corrected chi connectivity index (χ3v) is 4.44. The van der Waals surface area contributed by atoms with Gasteiger partial charge in [0, 0.05) is 18.3 Å². The lowest BCUT2D eigenvalue weighted by molar-refractivity contribution is 0.251. The van der Waals surface area contributed by atoms with Crippen molar-refractivity contribution in [3.05, 3.63) is 77.9 Å². The first kappa shape index (κ1) is 17.7. The molecule has 4 aromatic rings. The highest BCUT2D eigenvalue weighted by atomic mass is 16.2. The SMILES string of the molecule is Cc1cc(C)n(-c2cc(NC(=O)NCc3cccc4ccccc34)ncn2)n1. The van der Waals surface area contributed by atoms with E-state index in [2.05, 4.69) is 43.9 Å². The minimum Gasteiger partial charge on any atom is -0.334 e. The number of aryl methyl sites for hydroxylation is 2. The van der Waals surface area contributed by atoms with Crippen molar-refractivity contribution in [1.29, 1.82) is 0 Å². The molecule has 2 N–H and O–H groups in total. The van der Waals surface area contributed by atoms with Gasteiger partial charge in [-0.2, -0.15) is 5.10 Å². The molecule has 4 rings (SSSR count). The number of anilines is 1. The Morgan fingerprint density at radius 1 is 1.04 bits per heavy atom. The van der Waals surface area contributed by atoms with Crippen LogP contribution in [0.15, 0.2) is 60.9 Å². The highest BCUT2D eigenvalue weighted by Gasteiger charge is 2.09. The molecule has 2 amide bonds. The van der Waals surface area contributed by atoms with Gasteiger partial charge >= 0.3 is 6.03 Å². The number of benzene rings is 2. The molecule has 0 bridgehead atoms. The molecule has 0 spiro atoms. The van der Waals surface area contributed by atoms with Gasteiger partial charge in [0.15, 0.2) is 5.82 Å². The molecular formula is C21H20N6O. The number of fused-ring (bicyclic) bond motifs is 1. The molecule has 2 aromatic carbocycles. The Balaban J connectivity index is 1.45. The van der Waals surface area contributed by atoms with Crippen LogP contribution in [-0.2, 0) is 6.54 Å². The van der Waals surface area contributed by atoms with Gasteiger partial charge in [0.05, 0.1) is 5.69 Å². The standard InChI is InChI=1S/C21H20N6O/c1-14-10-15(2)27(26-14)20-11-19(23-13-24-20)25-21(28)22-12-17-8-5-7-16-6-3-4-9-18(16)17/h3-11,13H,12H2,1-2H3,(H2,22,23,24,25,28). The molecule has 2 aromatic heterocycles. The summed E-state index contributed by atoms with van der Waals surface area (Å²) < 4.78 is 1.72. The largest absolute Gasteiger partial charge is 0.334 e. The third-order valence-electron chi connectivity index (χ3n) is 4.44. The lowest BCUT2D eigenvalue weighted by atomic mass is 10.0. The first-order valence-electron chi connectivity index (χ1n) is 8.97. The molecule has 28 heavy (non-hydrogen) atoms. The summed E-state index contributed by atoms with van der Waals surface area (Å²) in [5, 5.41) is 12.3. The zero-order valence-electron chi connectivity index (χ0n) is 15.7. The Morgan fingerprint density at radius 2 is 1.86 bits per heavy atom. The number of rotatable bonds is 4. The van der Waals surface area contributed by atoms with E-state index in [1.54, 1.807) is 10.7 Å². The van der Waals surface area contributed by atoms with Crippen LogP contribution in [-0.4, -0.2) is 25.8 Å². The Bertz CT molecular complexity index is 1150. The summed E-state index contributed by atoms with van der Waals surface area (Å²) in [4.78, 5) is 20.7. The zero-order chi connectivity index (χ0) is 19.5. The van der Waals surface area contributed by atoms with Crippen molar-refractivity contribution in [1.82, 2.24) is 25.1 Å². The van der Waals surface area contributed by atoms with E-state index in [0.29, 0.717) is 18.2 Å². The lowest BCUT2D eigenvalue weighted by Crippen LogP contribution is -2.28. The second kappa shape index (κ2) is 7.48. The van der Waals surface area contributed by atoms with E-state index in [0.717, 1.165) is 27.7 Å². The Morgan fingerprint density at radius 3 is 2.68 bits per heavy atom. The predicted octanol–water partition coefficient (Wildman–Crippen LogP) is 3.75. The monoisotopic (exact) mass is 372 g/mol. The summed E-state index contributed by atoms with van der Waals surface area (Å²) in [5.41, 5.74) is 2.92. The molecule has 0 atom stereocenters. The minimum absolute atomic E-state index is 0.328. The molecule has 0 saturated heterocycles. The van der Waals surface area contributed by atoms with Crippen LogP contribution in [0.2, 0.25) is 0 Å². The van der Waals surface area contributed by atoms with Crippen LogP contribution in [0.5, 0.6) is 0 Å². The van der Waals surface area contributed by atoms with Crippen LogP contribution in [0.4, 0.5) is 10.6 Å². The van der Waals surface area contributed by atoms with E-state index in [4.69, 9.17) is 0 Å². The number of hydrogen-bond acceptors (Lipinski definition) is 4. The van der Waals surface area contributed by atoms with Crippen molar-refractivity contribution in [2.75, 3.05) is 5.32 Å². The number of carbonyl (C=O) groups is 1. The number of amides is 2. The molecule has 140 valence electrons. The van der Waals surface area contributed by atoms with E-state index >= 15 is 0 Å². The maximum absolute atomic E-state index is 12.3. The highest BCUT2D eigenvalue weighted by molar-refractivity contribution is 5.89. The number of nitrogens with one attached hydrogen (secondary N) is 2. The van der Waals surface area contributed by atoms with Crippen LogP contribution in [0.3, 0.4) is 0 Å². The Labute approximate surface area is 162 Å². The molecule has 2 heterocycles. The van der Waals surface area contributed by atoms with E-state index in [9.17, 15) is 4.79 Å². The fraction of sp³-hybridized carbons (Fsp3) is 0.143. The van der Waals surface area contributed by atoms with Gasteiger partial charge in [-0.25, -0.2) is 19.4 Å². The first-order valence-corrected chi connectivity index (χ1v) is 8.97. The first-order chi connectivity index (χ1) is 13.6. The lowest BCUT2D eigenvalue weighted by Gasteiger charge is -2.10. The van der Waals surface area contributed by atoms with Crippen molar-refractivity contribution in [3.63, 3.8) is 0 Å². The van der Waals surface area contributed by atoms with E-state index in [1.807, 2.05) is 44.2 Å². The number of carbonyl (C=O) groups excluding carboxylic acids is 1. The molecule has 0 saturated carbocycles. The van der Waals surface area contributed by atoms with Crippen LogP contribution < -0.4 is 10.6 Å². The van der Waals surface area contributed by atoms with Gasteiger partial charge in [0.2, 0.25) is 0 Å². The molecule has 0 unspecified atom stereocenters. The molecule has 7 nitrogen and oxygen atoms in total. The molecule has 0 aliphatic rings. The average molecular weight is 372 g/mol. The topological polar surface area (TPSA) is 84.7 Å². The van der Waals surface area contributed by atoms with Crippen molar-refractivity contribution in [2.45, 2.75) is 20.4 Å². The fourth-order valence-corrected chi connectivity index (χ4v) is 3.17. The average Bonchev–Trinajstić information content (AvgIpc) is 3.04. The molecule has 7 heteroatoms. The van der Waals surface area contributed by atoms with Gasteiger partial charge in [-0.1, -0.05) is 42.5 Å². The van der Waals surface area contributed by atoms with Gasteiger partial charge in [0.25, 0.3) is 0 Å². The maximum Gasteiger partial charge on any atom is 0.320 e. The Kier molecular flexibility index (Phi) is 4.72. The van der Waals surface area contributed by atoms with E-state index in [-0.39, 0.29) is 6.03 Å². The molecule has 0 fully saturated rings. The summed E-state index contributed by atoms with van der Waals surface area (Å²) in [6.07, 6.45) is 1.41. The molecular weight excluding hydrogens is 352 g/mol. The second-order valence-electron chi connectivity index (χ2n) is 6.55. The van der Waals surface area contributed by atoms with Gasteiger partial charge in [-0.3, -0.25) is 5.32 Å². The van der Waals surface area contributed by atoms with Gasteiger partial charge in [-0.05, 0) is 36.2 Å². The smallest absolute Gasteiger partial charge is 0.320 e. The highest BCUT2D eigenvalue weighted by Crippen LogP contribution is 2.18. The summed E-state index contributed by atoms with van der Waals surface area (Å²) >= 11 is 0. The second-order valence-corrected chi connectivity index (χ2v) is 6.55. The van der Waals surface area contributed by atoms with Gasteiger partial charge < -0.3 is 5.32 Å². The van der Waals surface area contributed by atoms with Gasteiger partial charge in [0.1, 0.15) is 12.1 Å². The normalized spacial score (nSPS) is 10.8. The zero-order valence-corrected chi connectivity index (χ0v) is 15.7. The summed E-state index contributed by atoms with van der Waals surface area (Å²) in [7, 11) is 0. The number of hydrogen-bond donors (Lipinski definition) is 2. The summed E-state index contributed by atoms with van der Waals surface area (Å²) in [5.74, 6) is 1.01. The Hall–Kier alpha value is -3.74. The van der Waals surface area contributed by atoms with Crippen molar-refractivity contribution >= 4 is 22.6 Å². The van der Waals surface area contributed by atoms with Crippen LogP contribution >= 0.6 is 0 Å². The minimum atomic E-state index is -0.328. The number of urea groups is 1. The fourth-order valence-electron chi connectivity index (χ4n) is 3.17.